The van der Waals surface area contributed by atoms with E-state index < -0.39 is 0 Å². The highest BCUT2D eigenvalue weighted by atomic mass is 16.5. The maximum Gasteiger partial charge on any atom is 0.185 e. The van der Waals surface area contributed by atoms with E-state index in [0.29, 0.717) is 29.4 Å². The van der Waals surface area contributed by atoms with Crippen LogP contribution < -0.4 is 10.2 Å². The number of benzene rings is 2. The van der Waals surface area contributed by atoms with Crippen LogP contribution in [0, 0.1) is 0 Å². The van der Waals surface area contributed by atoms with E-state index in [2.05, 4.69) is 25.8 Å². The zero-order valence-corrected chi connectivity index (χ0v) is 14.0. The Kier molecular flexibility index (Phi) is 4.06. The van der Waals surface area contributed by atoms with Gasteiger partial charge in [-0.25, -0.2) is 0 Å². The van der Waals surface area contributed by atoms with Gasteiger partial charge in [-0.05, 0) is 19.1 Å². The van der Waals surface area contributed by atoms with Gasteiger partial charge >= 0.3 is 0 Å². The third-order valence-electron chi connectivity index (χ3n) is 3.87. The van der Waals surface area contributed by atoms with Gasteiger partial charge in [0.2, 0.25) is 0 Å². The third-order valence-corrected chi connectivity index (χ3v) is 3.87. The molecule has 4 aromatic rings. The van der Waals surface area contributed by atoms with Crippen LogP contribution in [-0.2, 0) is 0 Å². The molecule has 0 unspecified atom stereocenters. The van der Waals surface area contributed by atoms with Gasteiger partial charge in [0.15, 0.2) is 23.0 Å². The summed E-state index contributed by atoms with van der Waals surface area (Å²) in [4.78, 5) is 0. The van der Waals surface area contributed by atoms with Crippen molar-refractivity contribution < 1.29 is 9.84 Å². The largest absolute Gasteiger partial charge is 0.504 e. The van der Waals surface area contributed by atoms with Gasteiger partial charge in [-0.2, -0.15) is 9.62 Å². The summed E-state index contributed by atoms with van der Waals surface area (Å²) in [6.07, 6.45) is 3.05. The molecule has 0 aliphatic heterocycles. The molecule has 0 fully saturated rings. The Balaban J connectivity index is 1.67. The number of hydrogen-bond donors (Lipinski definition) is 2. The van der Waals surface area contributed by atoms with Crippen LogP contribution in [0.2, 0.25) is 0 Å². The third kappa shape index (κ3) is 2.77. The first kappa shape index (κ1) is 15.8. The highest BCUT2D eigenvalue weighted by molar-refractivity contribution is 6.00. The van der Waals surface area contributed by atoms with E-state index in [-0.39, 0.29) is 5.75 Å². The molecular formula is C18H16N6O2. The maximum absolute atomic E-state index is 10.2. The standard InChI is InChI=1S/C18H16N6O2/c1-2-26-15-9-5-6-12(16(15)25)10-19-21-17-13-7-3-4-8-14(13)18-22-20-11-24(18)23-17/h3-11,25H,2H2,1H3,(H,21,23)/b19-10+. The summed E-state index contributed by atoms with van der Waals surface area (Å²) < 4.78 is 6.97. The zero-order valence-electron chi connectivity index (χ0n) is 14.0. The molecule has 0 atom stereocenters. The molecule has 2 aromatic carbocycles. The summed E-state index contributed by atoms with van der Waals surface area (Å²) in [6, 6.07) is 13.0. The van der Waals surface area contributed by atoms with E-state index in [1.165, 1.54) is 12.5 Å². The smallest absolute Gasteiger partial charge is 0.185 e. The summed E-state index contributed by atoms with van der Waals surface area (Å²) in [5.74, 6) is 1.03. The second kappa shape index (κ2) is 6.67. The highest BCUT2D eigenvalue weighted by Crippen LogP contribution is 2.29. The fourth-order valence-corrected chi connectivity index (χ4v) is 2.69. The van der Waals surface area contributed by atoms with Crippen molar-refractivity contribution >= 4 is 28.5 Å². The predicted molar refractivity (Wildman–Crippen MR) is 98.8 cm³/mol. The van der Waals surface area contributed by atoms with Crippen LogP contribution in [0.3, 0.4) is 0 Å². The lowest BCUT2D eigenvalue weighted by Gasteiger charge is -2.08. The number of nitrogens with zero attached hydrogens (tertiary/aromatic N) is 5. The molecule has 2 N–H and O–H groups in total. The minimum Gasteiger partial charge on any atom is -0.504 e. The van der Waals surface area contributed by atoms with Crippen molar-refractivity contribution in [1.82, 2.24) is 19.8 Å². The van der Waals surface area contributed by atoms with E-state index in [0.717, 1.165) is 10.8 Å². The average molecular weight is 348 g/mol. The lowest BCUT2D eigenvalue weighted by Crippen LogP contribution is -2.00. The van der Waals surface area contributed by atoms with Crippen molar-refractivity contribution in [1.29, 1.82) is 0 Å². The van der Waals surface area contributed by atoms with Gasteiger partial charge in [0.05, 0.1) is 12.8 Å². The number of anilines is 1. The number of rotatable bonds is 5. The van der Waals surface area contributed by atoms with Crippen molar-refractivity contribution in [3.8, 4) is 11.5 Å². The minimum absolute atomic E-state index is 0.0481. The van der Waals surface area contributed by atoms with Crippen LogP contribution in [0.25, 0.3) is 16.4 Å². The number of nitrogens with one attached hydrogen (secondary N) is 1. The summed E-state index contributed by atoms with van der Waals surface area (Å²) in [6.45, 7) is 2.33. The quantitative estimate of drug-likeness (QED) is 0.425. The first-order valence-corrected chi connectivity index (χ1v) is 8.10. The molecule has 26 heavy (non-hydrogen) atoms. The second-order valence-corrected chi connectivity index (χ2v) is 5.49. The second-order valence-electron chi connectivity index (χ2n) is 5.49. The molecule has 0 spiro atoms. The van der Waals surface area contributed by atoms with Gasteiger partial charge < -0.3 is 9.84 Å². The van der Waals surface area contributed by atoms with Crippen molar-refractivity contribution in [3.05, 3.63) is 54.4 Å². The minimum atomic E-state index is 0.0481. The van der Waals surface area contributed by atoms with Crippen molar-refractivity contribution in [2.24, 2.45) is 5.10 Å². The molecule has 0 saturated heterocycles. The Hall–Kier alpha value is -3.68. The van der Waals surface area contributed by atoms with Gasteiger partial charge in [0.1, 0.15) is 6.33 Å². The summed E-state index contributed by atoms with van der Waals surface area (Å²) >= 11 is 0. The number of aromatic hydroxyl groups is 1. The van der Waals surface area contributed by atoms with Crippen LogP contribution in [0.15, 0.2) is 53.9 Å². The molecule has 0 radical (unpaired) electrons. The Bertz CT molecular complexity index is 1110. The topological polar surface area (TPSA) is 96.9 Å². The Morgan fingerprint density at radius 3 is 2.88 bits per heavy atom. The van der Waals surface area contributed by atoms with Crippen LogP contribution in [0.4, 0.5) is 5.82 Å². The molecule has 0 bridgehead atoms. The number of para-hydroxylation sites is 1. The highest BCUT2D eigenvalue weighted by Gasteiger charge is 2.09. The van der Waals surface area contributed by atoms with E-state index in [9.17, 15) is 5.11 Å². The first-order valence-electron chi connectivity index (χ1n) is 8.10. The Morgan fingerprint density at radius 1 is 1.19 bits per heavy atom. The summed E-state index contributed by atoms with van der Waals surface area (Å²) in [5.41, 5.74) is 4.14. The number of ether oxygens (including phenoxy) is 1. The molecular weight excluding hydrogens is 332 g/mol. The molecule has 8 nitrogen and oxygen atoms in total. The van der Waals surface area contributed by atoms with Crippen LogP contribution in [0.1, 0.15) is 12.5 Å². The van der Waals surface area contributed by atoms with Crippen molar-refractivity contribution in [2.45, 2.75) is 6.92 Å². The van der Waals surface area contributed by atoms with Gasteiger partial charge in [0, 0.05) is 16.3 Å². The molecule has 0 aliphatic carbocycles. The normalized spacial score (nSPS) is 11.4. The molecule has 130 valence electrons. The van der Waals surface area contributed by atoms with Crippen LogP contribution in [-0.4, -0.2) is 37.7 Å². The van der Waals surface area contributed by atoms with Crippen LogP contribution in [0.5, 0.6) is 11.5 Å². The molecule has 2 heterocycles. The Morgan fingerprint density at radius 2 is 2.04 bits per heavy atom. The fourth-order valence-electron chi connectivity index (χ4n) is 2.69. The van der Waals surface area contributed by atoms with E-state index in [1.807, 2.05) is 31.2 Å². The monoisotopic (exact) mass is 348 g/mol. The lowest BCUT2D eigenvalue weighted by atomic mass is 10.2. The van der Waals surface area contributed by atoms with E-state index in [4.69, 9.17) is 4.74 Å². The summed E-state index contributed by atoms with van der Waals surface area (Å²) in [7, 11) is 0. The first-order chi connectivity index (χ1) is 12.8. The average Bonchev–Trinajstić information content (AvgIpc) is 3.13. The van der Waals surface area contributed by atoms with Gasteiger partial charge in [0.25, 0.3) is 0 Å². The number of hydrogen-bond acceptors (Lipinski definition) is 7. The fraction of sp³-hybridized carbons (Fsp3) is 0.111. The number of aromatic nitrogens is 4. The predicted octanol–water partition coefficient (Wildman–Crippen LogP) is 2.83. The van der Waals surface area contributed by atoms with E-state index >= 15 is 0 Å². The molecule has 2 aromatic heterocycles. The molecule has 8 heteroatoms. The van der Waals surface area contributed by atoms with Gasteiger partial charge in [-0.1, -0.05) is 30.3 Å². The molecule has 4 rings (SSSR count). The number of fused-ring (bicyclic) bond motifs is 3. The number of phenolic OH excluding ortho intramolecular Hbond substituents is 1. The maximum atomic E-state index is 10.2. The number of hydrazone groups is 1. The van der Waals surface area contributed by atoms with Crippen molar-refractivity contribution in [2.75, 3.05) is 12.0 Å². The van der Waals surface area contributed by atoms with Crippen molar-refractivity contribution in [3.63, 3.8) is 0 Å². The zero-order chi connectivity index (χ0) is 17.9. The molecule has 0 aliphatic rings. The number of phenols is 1. The van der Waals surface area contributed by atoms with Gasteiger partial charge in [-0.3, -0.25) is 5.43 Å². The van der Waals surface area contributed by atoms with E-state index in [1.54, 1.807) is 22.7 Å². The lowest BCUT2D eigenvalue weighted by molar-refractivity contribution is 0.318. The Labute approximate surface area is 148 Å². The molecule has 0 amide bonds. The SMILES string of the molecule is CCOc1cccc(/C=N/Nc2nn3cnnc3c3ccccc23)c1O. The summed E-state index contributed by atoms with van der Waals surface area (Å²) in [5, 5.41) is 28.7. The molecule has 0 saturated carbocycles. The van der Waals surface area contributed by atoms with Gasteiger partial charge in [-0.15, -0.1) is 15.3 Å². The van der Waals surface area contributed by atoms with Crippen LogP contribution >= 0.6 is 0 Å².